The Labute approximate surface area is 386 Å². The van der Waals surface area contributed by atoms with Crippen molar-refractivity contribution >= 4 is 65.2 Å². The lowest BCUT2D eigenvalue weighted by atomic mass is 9.76. The van der Waals surface area contributed by atoms with Crippen LogP contribution < -0.4 is 10.7 Å². The van der Waals surface area contributed by atoms with Crippen LogP contribution in [0.2, 0.25) is 0 Å². The minimum absolute atomic E-state index is 0.0197. The minimum Gasteiger partial charge on any atom is -0.748 e. The topological polar surface area (TPSA) is 277 Å². The van der Waals surface area contributed by atoms with Crippen LogP contribution >= 0.6 is 0 Å². The maximum absolute atomic E-state index is 12.8. The van der Waals surface area contributed by atoms with Crippen LogP contribution in [0.15, 0.2) is 94.4 Å². The fourth-order valence-corrected chi connectivity index (χ4v) is 10.2. The molecule has 0 spiro atoms. The van der Waals surface area contributed by atoms with Crippen molar-refractivity contribution in [1.82, 2.24) is 9.91 Å². The molecular formula is C44H56N5O14S3-. The molecule has 19 nitrogen and oxygen atoms in total. The van der Waals surface area contributed by atoms with Crippen LogP contribution in [-0.4, -0.2) is 136 Å². The number of allylic oxidation sites excluding steroid dienone is 6. The highest BCUT2D eigenvalue weighted by molar-refractivity contribution is 7.86. The van der Waals surface area contributed by atoms with E-state index in [0.717, 1.165) is 27.8 Å². The van der Waals surface area contributed by atoms with E-state index >= 15 is 0 Å². The van der Waals surface area contributed by atoms with Gasteiger partial charge < -0.3 is 23.5 Å². The van der Waals surface area contributed by atoms with Crippen molar-refractivity contribution in [3.63, 3.8) is 0 Å². The molecule has 360 valence electrons. The summed E-state index contributed by atoms with van der Waals surface area (Å²) in [7, 11) is -10.9. The summed E-state index contributed by atoms with van der Waals surface area (Å²) in [5, 5.41) is 0.992. The van der Waals surface area contributed by atoms with E-state index in [1.807, 2.05) is 17.6 Å². The molecule has 2 unspecified atom stereocenters. The summed E-state index contributed by atoms with van der Waals surface area (Å²) in [5.74, 6) is 4.01. The monoisotopic (exact) mass is 974 g/mol. The molecule has 3 heterocycles. The number of fused-ring (bicyclic) bond motifs is 2. The van der Waals surface area contributed by atoms with Crippen molar-refractivity contribution in [1.29, 1.82) is 0 Å². The molecule has 0 saturated heterocycles. The van der Waals surface area contributed by atoms with E-state index in [0.29, 0.717) is 73.6 Å². The quantitative estimate of drug-likeness (QED) is 0.0223. The van der Waals surface area contributed by atoms with Gasteiger partial charge in [-0.1, -0.05) is 24.6 Å². The van der Waals surface area contributed by atoms with Crippen molar-refractivity contribution in [3.8, 4) is 0 Å². The van der Waals surface area contributed by atoms with Gasteiger partial charge in [0.15, 0.2) is 12.3 Å². The van der Waals surface area contributed by atoms with Gasteiger partial charge in [-0.2, -0.15) is 13.0 Å². The van der Waals surface area contributed by atoms with Crippen LogP contribution in [0.5, 0.6) is 0 Å². The molecule has 0 fully saturated rings. The van der Waals surface area contributed by atoms with E-state index in [4.69, 9.17) is 15.3 Å². The van der Waals surface area contributed by atoms with Crippen molar-refractivity contribution in [3.05, 3.63) is 95.8 Å². The highest BCUT2D eigenvalue weighted by atomic mass is 32.2. The first-order chi connectivity index (χ1) is 31.0. The molecule has 2 aromatic carbocycles. The Morgan fingerprint density at radius 1 is 0.818 bits per heavy atom. The third kappa shape index (κ3) is 12.2. The van der Waals surface area contributed by atoms with E-state index in [1.54, 1.807) is 44.4 Å². The number of anilines is 1. The van der Waals surface area contributed by atoms with Gasteiger partial charge in [-0.3, -0.25) is 28.8 Å². The number of nitrogens with zero attached hydrogens (tertiary/aromatic N) is 4. The van der Waals surface area contributed by atoms with Gasteiger partial charge in [0, 0.05) is 92.7 Å². The van der Waals surface area contributed by atoms with Crippen molar-refractivity contribution in [2.45, 2.75) is 79.4 Å². The second kappa shape index (κ2) is 21.4. The van der Waals surface area contributed by atoms with Crippen LogP contribution in [0.1, 0.15) is 69.9 Å². The molecule has 0 aliphatic carbocycles. The van der Waals surface area contributed by atoms with Crippen molar-refractivity contribution in [2.24, 2.45) is 5.84 Å². The van der Waals surface area contributed by atoms with Crippen LogP contribution in [0.25, 0.3) is 0 Å². The summed E-state index contributed by atoms with van der Waals surface area (Å²) in [6.45, 7) is 5.01. The number of unbranched alkanes of at least 4 members (excludes halogenated alkanes) is 2. The SMILES string of the molecule is COCC[N+]1=C(/C=C/C=C/C=C2/N(CCCCCC(=O)N(N)CCN3C(=O)C=CC3=O)c3ccc(S(=O)(=O)O)cc3C2(C)CCOC)C(C)(CCCS(=O)(=O)[O-])c2cc(S(=O)(=O)[O-])ccc21. The predicted octanol–water partition coefficient (Wildman–Crippen LogP) is 3.16. The summed E-state index contributed by atoms with van der Waals surface area (Å²) >= 11 is 0. The normalized spacial score (nSPS) is 20.5. The lowest BCUT2D eigenvalue weighted by Gasteiger charge is -2.30. The third-order valence-corrected chi connectivity index (χ3v) is 14.7. The number of benzene rings is 2. The molecule has 0 saturated carbocycles. The number of carbonyl (C=O) groups excluding carboxylic acids is 3. The van der Waals surface area contributed by atoms with Gasteiger partial charge in [0.1, 0.15) is 16.7 Å². The largest absolute Gasteiger partial charge is 0.748 e. The fourth-order valence-electron chi connectivity index (χ4n) is 8.69. The molecule has 0 radical (unpaired) electrons. The van der Waals surface area contributed by atoms with E-state index in [9.17, 15) is 53.3 Å². The second-order valence-electron chi connectivity index (χ2n) is 16.6. The molecule has 22 heteroatoms. The first kappa shape index (κ1) is 52.1. The van der Waals surface area contributed by atoms with Crippen molar-refractivity contribution in [2.75, 3.05) is 64.3 Å². The van der Waals surface area contributed by atoms with Crippen LogP contribution in [0.3, 0.4) is 0 Å². The highest BCUT2D eigenvalue weighted by Gasteiger charge is 2.48. The maximum atomic E-state index is 12.8. The fraction of sp³-hybridized carbons (Fsp3) is 0.455. The standard InChI is InChI=1S/C44H57N5O14S3/c1-43(21-11-29-64(53,54)55)34-30-32(65(56,57)58)16-18-37(34)47(26-28-63-4)38(43)12-7-5-8-13-39-44(2,22-27-62-3)35-31-33(66(59,60)61)15-17-36(35)46(39)23-10-6-9-14-42(52)49(45)25-24-48-40(50)19-20-41(48)51/h5,7-8,12-13,15-20,30-31H,6,9-11,14,21-29,45H2,1-4H3,(H2-,53,54,55,56,57,58,59,60,61)/p-1. The highest BCUT2D eigenvalue weighted by Crippen LogP contribution is 2.51. The molecule has 3 amide bonds. The lowest BCUT2D eigenvalue weighted by Crippen LogP contribution is -2.44. The average Bonchev–Trinajstić information content (AvgIpc) is 3.78. The Kier molecular flexibility index (Phi) is 16.9. The first-order valence-electron chi connectivity index (χ1n) is 21.2. The van der Waals surface area contributed by atoms with Crippen molar-refractivity contribution < 1.29 is 67.3 Å². The molecule has 0 bridgehead atoms. The summed E-state index contributed by atoms with van der Waals surface area (Å²) in [4.78, 5) is 38.8. The zero-order valence-electron chi connectivity index (χ0n) is 37.3. The molecule has 2 aromatic rings. The number of hydrogen-bond acceptors (Lipinski definition) is 15. The summed E-state index contributed by atoms with van der Waals surface area (Å²) in [5.41, 5.74) is 1.99. The number of amides is 3. The minimum atomic E-state index is -4.85. The number of imide groups is 1. The number of nitrogens with two attached hydrogens (primary N) is 1. The molecule has 2 atom stereocenters. The Morgan fingerprint density at radius 3 is 2.12 bits per heavy atom. The zero-order valence-corrected chi connectivity index (χ0v) is 39.7. The van der Waals surface area contributed by atoms with Crippen LogP contribution in [0, 0.1) is 0 Å². The van der Waals surface area contributed by atoms with E-state index in [-0.39, 0.29) is 49.8 Å². The Morgan fingerprint density at radius 2 is 1.48 bits per heavy atom. The molecule has 3 aliphatic rings. The van der Waals surface area contributed by atoms with E-state index < -0.39 is 63.6 Å². The Balaban J connectivity index is 1.43. The first-order valence-corrected chi connectivity index (χ1v) is 25.6. The second-order valence-corrected chi connectivity index (χ2v) is 20.9. The van der Waals surface area contributed by atoms with E-state index in [2.05, 4.69) is 4.90 Å². The molecule has 5 rings (SSSR count). The van der Waals surface area contributed by atoms with Crippen LogP contribution in [0.4, 0.5) is 11.4 Å². The molecule has 3 aliphatic heterocycles. The maximum Gasteiger partial charge on any atom is 0.294 e. The van der Waals surface area contributed by atoms with Crippen LogP contribution in [-0.2, 0) is 65.0 Å². The number of ether oxygens (including phenoxy) is 2. The van der Waals surface area contributed by atoms with Gasteiger partial charge in [-0.25, -0.2) is 22.7 Å². The number of carbonyl (C=O) groups is 3. The molecule has 0 aromatic heterocycles. The summed E-state index contributed by atoms with van der Waals surface area (Å²) < 4.78 is 119. The molecule has 3 N–H and O–H groups in total. The third-order valence-electron chi connectivity index (χ3n) is 12.2. The lowest BCUT2D eigenvalue weighted by molar-refractivity contribution is -0.441. The molecular weight excluding hydrogens is 919 g/mol. The Hall–Kier alpha value is -4.91. The van der Waals surface area contributed by atoms with Gasteiger partial charge in [-0.15, -0.1) is 0 Å². The van der Waals surface area contributed by atoms with Gasteiger partial charge in [0.25, 0.3) is 21.9 Å². The van der Waals surface area contributed by atoms with Gasteiger partial charge in [0.2, 0.25) is 11.6 Å². The van der Waals surface area contributed by atoms with Gasteiger partial charge >= 0.3 is 0 Å². The van der Waals surface area contributed by atoms with Gasteiger partial charge in [-0.05, 0) is 87.9 Å². The number of hydrazine groups is 1. The smallest absolute Gasteiger partial charge is 0.294 e. The number of methoxy groups -OCH3 is 2. The predicted molar refractivity (Wildman–Crippen MR) is 241 cm³/mol. The molecule has 66 heavy (non-hydrogen) atoms. The average molecular weight is 975 g/mol. The Bertz CT molecular complexity index is 2680. The summed E-state index contributed by atoms with van der Waals surface area (Å²) in [6, 6.07) is 8.45. The number of hydrogen-bond donors (Lipinski definition) is 2. The summed E-state index contributed by atoms with van der Waals surface area (Å²) in [6.07, 6.45) is 13.6. The number of rotatable bonds is 24. The van der Waals surface area contributed by atoms with Gasteiger partial charge in [0.05, 0.1) is 31.9 Å². The van der Waals surface area contributed by atoms with E-state index in [1.165, 1.54) is 37.4 Å². The zero-order chi connectivity index (χ0) is 48.7.